The zero-order valence-electron chi connectivity index (χ0n) is 19.8. The van der Waals surface area contributed by atoms with Crippen molar-refractivity contribution in [3.63, 3.8) is 0 Å². The first kappa shape index (κ1) is 24.3. The molecule has 2 aromatic carbocycles. The number of carbonyl (C=O) groups is 2. The highest BCUT2D eigenvalue weighted by atomic mass is 16.5. The average Bonchev–Trinajstić information content (AvgIpc) is 2.72. The van der Waals surface area contributed by atoms with Crippen molar-refractivity contribution < 1.29 is 19.1 Å². The van der Waals surface area contributed by atoms with Gasteiger partial charge in [0, 0.05) is 5.56 Å². The Kier molecular flexibility index (Phi) is 7.71. The average molecular weight is 427 g/mol. The summed E-state index contributed by atoms with van der Waals surface area (Å²) in [5.74, 6) is 0.698. The maximum atomic E-state index is 12.7. The summed E-state index contributed by atoms with van der Waals surface area (Å²) < 4.78 is 10.7. The quantitative estimate of drug-likeness (QED) is 0.692. The molecule has 0 heterocycles. The molecule has 0 spiro atoms. The van der Waals surface area contributed by atoms with Crippen LogP contribution in [0.3, 0.4) is 0 Å². The van der Waals surface area contributed by atoms with Crippen LogP contribution in [-0.2, 0) is 10.2 Å². The fourth-order valence-electron chi connectivity index (χ4n) is 3.35. The lowest BCUT2D eigenvalue weighted by Crippen LogP contribution is -2.45. The first-order valence-corrected chi connectivity index (χ1v) is 10.4. The smallest absolute Gasteiger partial charge is 0.251 e. The van der Waals surface area contributed by atoms with E-state index in [0.717, 1.165) is 16.7 Å². The molecule has 0 bridgehead atoms. The monoisotopic (exact) mass is 426 g/mol. The molecule has 2 N–H and O–H groups in total. The normalized spacial score (nSPS) is 13.2. The molecule has 0 radical (unpaired) electrons. The van der Waals surface area contributed by atoms with Crippen LogP contribution in [0.4, 0.5) is 0 Å². The summed E-state index contributed by atoms with van der Waals surface area (Å²) in [7, 11) is 3.16. The lowest BCUT2D eigenvalue weighted by atomic mass is 9.86. The van der Waals surface area contributed by atoms with Gasteiger partial charge in [-0.15, -0.1) is 0 Å². The number of rotatable bonds is 7. The van der Waals surface area contributed by atoms with Gasteiger partial charge in [-0.2, -0.15) is 0 Å². The Morgan fingerprint density at radius 2 is 1.45 bits per heavy atom. The molecule has 6 heteroatoms. The van der Waals surface area contributed by atoms with Gasteiger partial charge in [0.2, 0.25) is 5.91 Å². The lowest BCUT2D eigenvalue weighted by Gasteiger charge is -2.22. The third kappa shape index (κ3) is 6.00. The van der Waals surface area contributed by atoms with E-state index in [1.165, 1.54) is 0 Å². The number of aryl methyl sites for hydroxylation is 1. The van der Waals surface area contributed by atoms with Gasteiger partial charge in [0.05, 0.1) is 20.3 Å². The molecule has 2 amide bonds. The molecule has 0 fully saturated rings. The highest BCUT2D eigenvalue weighted by Gasteiger charge is 2.21. The number of methoxy groups -OCH3 is 2. The van der Waals surface area contributed by atoms with Crippen molar-refractivity contribution in [1.29, 1.82) is 0 Å². The number of nitrogens with one attached hydrogen (secondary N) is 2. The maximum absolute atomic E-state index is 12.7. The lowest BCUT2D eigenvalue weighted by molar-refractivity contribution is -0.123. The van der Waals surface area contributed by atoms with Crippen molar-refractivity contribution in [3.05, 3.63) is 58.7 Å². The molecular weight excluding hydrogens is 392 g/mol. The summed E-state index contributed by atoms with van der Waals surface area (Å²) in [6.07, 6.45) is 0. The van der Waals surface area contributed by atoms with Crippen LogP contribution in [-0.4, -0.2) is 32.1 Å². The van der Waals surface area contributed by atoms with E-state index in [0.29, 0.717) is 17.1 Å². The molecule has 0 saturated carbocycles. The van der Waals surface area contributed by atoms with E-state index in [4.69, 9.17) is 9.47 Å². The standard InChI is InChI=1S/C25H34N2O4/c1-15-13-21(30-7)22(31-8)14-20(15)16(2)26-23(28)17(3)27-24(29)18-9-11-19(12-10-18)25(4,5)6/h9-14,16-17H,1-8H3,(H,26,28)(H,27,29). The molecule has 0 aliphatic carbocycles. The Morgan fingerprint density at radius 3 is 1.97 bits per heavy atom. The van der Waals surface area contributed by atoms with E-state index < -0.39 is 6.04 Å². The highest BCUT2D eigenvalue weighted by molar-refractivity contribution is 5.97. The summed E-state index contributed by atoms with van der Waals surface area (Å²) in [6, 6.07) is 10.3. The summed E-state index contributed by atoms with van der Waals surface area (Å²) in [4.78, 5) is 25.2. The van der Waals surface area contributed by atoms with Crippen LogP contribution in [0.1, 0.15) is 67.7 Å². The van der Waals surface area contributed by atoms with E-state index in [2.05, 4.69) is 31.4 Å². The number of ether oxygens (including phenoxy) is 2. The Hall–Kier alpha value is -3.02. The maximum Gasteiger partial charge on any atom is 0.251 e. The number of hydrogen-bond donors (Lipinski definition) is 2. The molecule has 2 rings (SSSR count). The van der Waals surface area contributed by atoms with Crippen LogP contribution in [0.25, 0.3) is 0 Å². The van der Waals surface area contributed by atoms with Gasteiger partial charge in [-0.1, -0.05) is 32.9 Å². The molecular formula is C25H34N2O4. The second kappa shape index (κ2) is 9.86. The molecule has 0 aliphatic rings. The van der Waals surface area contributed by atoms with Gasteiger partial charge in [-0.3, -0.25) is 9.59 Å². The summed E-state index contributed by atoms with van der Waals surface area (Å²) in [5, 5.41) is 5.73. The van der Waals surface area contributed by atoms with Gasteiger partial charge in [-0.05, 0) is 67.1 Å². The minimum Gasteiger partial charge on any atom is -0.493 e. The third-order valence-electron chi connectivity index (χ3n) is 5.35. The van der Waals surface area contributed by atoms with E-state index in [1.807, 2.05) is 38.1 Å². The Labute approximate surface area is 185 Å². The minimum atomic E-state index is -0.683. The molecule has 31 heavy (non-hydrogen) atoms. The van der Waals surface area contributed by atoms with Crippen molar-refractivity contribution in [2.45, 2.75) is 59.0 Å². The van der Waals surface area contributed by atoms with E-state index >= 15 is 0 Å². The molecule has 0 aliphatic heterocycles. The van der Waals surface area contributed by atoms with Gasteiger partial charge >= 0.3 is 0 Å². The molecule has 2 atom stereocenters. The van der Waals surface area contributed by atoms with Crippen LogP contribution in [0.2, 0.25) is 0 Å². The first-order valence-electron chi connectivity index (χ1n) is 10.4. The SMILES string of the molecule is COc1cc(C)c(C(C)NC(=O)C(C)NC(=O)c2ccc(C(C)(C)C)cc2)cc1OC. The number of hydrogen-bond acceptors (Lipinski definition) is 4. The van der Waals surface area contributed by atoms with Gasteiger partial charge < -0.3 is 20.1 Å². The van der Waals surface area contributed by atoms with Gasteiger partial charge in [0.15, 0.2) is 11.5 Å². The fraction of sp³-hybridized carbons (Fsp3) is 0.440. The molecule has 2 unspecified atom stereocenters. The van der Waals surface area contributed by atoms with Crippen molar-refractivity contribution in [2.24, 2.45) is 0 Å². The topological polar surface area (TPSA) is 76.7 Å². The van der Waals surface area contributed by atoms with E-state index in [1.54, 1.807) is 33.3 Å². The second-order valence-corrected chi connectivity index (χ2v) is 8.82. The molecule has 168 valence electrons. The van der Waals surface area contributed by atoms with Gasteiger partial charge in [0.1, 0.15) is 6.04 Å². The minimum absolute atomic E-state index is 0.0145. The van der Waals surface area contributed by atoms with Crippen LogP contribution in [0.15, 0.2) is 36.4 Å². The Bertz CT molecular complexity index is 930. The fourth-order valence-corrected chi connectivity index (χ4v) is 3.35. The molecule has 0 saturated heterocycles. The van der Waals surface area contributed by atoms with Crippen LogP contribution < -0.4 is 20.1 Å². The summed E-state index contributed by atoms with van der Waals surface area (Å²) >= 11 is 0. The zero-order valence-corrected chi connectivity index (χ0v) is 19.8. The predicted molar refractivity (Wildman–Crippen MR) is 123 cm³/mol. The van der Waals surface area contributed by atoms with Crippen molar-refractivity contribution >= 4 is 11.8 Å². The Balaban J connectivity index is 2.04. The van der Waals surface area contributed by atoms with Crippen LogP contribution >= 0.6 is 0 Å². The highest BCUT2D eigenvalue weighted by Crippen LogP contribution is 2.32. The predicted octanol–water partition coefficient (Wildman–Crippen LogP) is 4.31. The van der Waals surface area contributed by atoms with Crippen molar-refractivity contribution in [2.75, 3.05) is 14.2 Å². The number of carbonyl (C=O) groups excluding carboxylic acids is 2. The number of benzene rings is 2. The van der Waals surface area contributed by atoms with Crippen LogP contribution in [0.5, 0.6) is 11.5 Å². The van der Waals surface area contributed by atoms with Crippen molar-refractivity contribution in [3.8, 4) is 11.5 Å². The summed E-state index contributed by atoms with van der Waals surface area (Å²) in [6.45, 7) is 11.9. The number of amides is 2. The van der Waals surface area contributed by atoms with Crippen molar-refractivity contribution in [1.82, 2.24) is 10.6 Å². The first-order chi connectivity index (χ1) is 14.5. The van der Waals surface area contributed by atoms with E-state index in [-0.39, 0.29) is 23.3 Å². The van der Waals surface area contributed by atoms with Crippen LogP contribution in [0, 0.1) is 6.92 Å². The van der Waals surface area contributed by atoms with E-state index in [9.17, 15) is 9.59 Å². The molecule has 6 nitrogen and oxygen atoms in total. The molecule has 2 aromatic rings. The Morgan fingerprint density at radius 1 is 0.903 bits per heavy atom. The summed E-state index contributed by atoms with van der Waals surface area (Å²) in [5.41, 5.74) is 3.58. The molecule has 0 aromatic heterocycles. The van der Waals surface area contributed by atoms with Gasteiger partial charge in [0.25, 0.3) is 5.91 Å². The second-order valence-electron chi connectivity index (χ2n) is 8.82. The largest absolute Gasteiger partial charge is 0.493 e. The van der Waals surface area contributed by atoms with Gasteiger partial charge in [-0.25, -0.2) is 0 Å². The third-order valence-corrected chi connectivity index (χ3v) is 5.35. The zero-order chi connectivity index (χ0) is 23.3.